The highest BCUT2D eigenvalue weighted by Gasteiger charge is 2.54. The molecule has 2 aromatic carbocycles. The van der Waals surface area contributed by atoms with Crippen molar-refractivity contribution in [3.05, 3.63) is 59.7 Å². The monoisotopic (exact) mass is 674 g/mol. The third kappa shape index (κ3) is 10.2. The van der Waals surface area contributed by atoms with Crippen molar-refractivity contribution in [2.24, 2.45) is 0 Å². The quantitative estimate of drug-likeness (QED) is 0.0687. The van der Waals surface area contributed by atoms with Gasteiger partial charge in [-0.05, 0) is 54.5 Å². The number of phenolic OH excluding ortho intramolecular Hbond substituents is 3. The van der Waals surface area contributed by atoms with Gasteiger partial charge in [0, 0.05) is 25.0 Å². The van der Waals surface area contributed by atoms with E-state index in [0.717, 1.165) is 31.2 Å². The molecule has 0 heterocycles. The summed E-state index contributed by atoms with van der Waals surface area (Å²) in [6.07, 6.45) is -4.50. The molecular weight excluding hydrogens is 640 g/mol. The van der Waals surface area contributed by atoms with Crippen molar-refractivity contribution in [2.45, 2.75) is 62.1 Å². The van der Waals surface area contributed by atoms with Crippen molar-refractivity contribution in [2.75, 3.05) is 7.11 Å². The van der Waals surface area contributed by atoms with E-state index < -0.39 is 96.5 Å². The number of aliphatic carboxylic acids is 2. The molecule has 0 spiro atoms. The maximum Gasteiger partial charge on any atom is 0.335 e. The Bertz CT molecular complexity index is 1610. The van der Waals surface area contributed by atoms with Gasteiger partial charge in [-0.15, -0.1) is 0 Å². The number of hydrogen-bond acceptors (Lipinski definition) is 14. The van der Waals surface area contributed by atoms with Crippen molar-refractivity contribution < 1.29 is 78.7 Å². The van der Waals surface area contributed by atoms with Gasteiger partial charge in [0.2, 0.25) is 0 Å². The summed E-state index contributed by atoms with van der Waals surface area (Å²) in [5.74, 6) is -7.68. The molecule has 3 unspecified atom stereocenters. The number of carbonyl (C=O) groups excluding carboxylic acids is 3. The van der Waals surface area contributed by atoms with Crippen LogP contribution in [0.15, 0.2) is 48.6 Å². The van der Waals surface area contributed by atoms with Crippen LogP contribution in [-0.4, -0.2) is 102 Å². The third-order valence-corrected chi connectivity index (χ3v) is 7.10. The fourth-order valence-corrected chi connectivity index (χ4v) is 4.80. The number of carboxylic acids is 2. The van der Waals surface area contributed by atoms with Crippen molar-refractivity contribution in [3.8, 4) is 23.0 Å². The van der Waals surface area contributed by atoms with Gasteiger partial charge in [0.25, 0.3) is 0 Å². The topological polar surface area (TPSA) is 264 Å². The molecule has 0 saturated heterocycles. The summed E-state index contributed by atoms with van der Waals surface area (Å²) < 4.78 is 21.2. The standard InChI is InChI=1S/C32H34O16/c1-31(43,15-25(36)37)16-28(40)48-29-23(46-26(38)9-5-17-3-7-19(33)21(35)11-17)13-32(44,30(41)42)14-24(29)47-27(39)10-6-18-4-8-20(34)22(12-18)45-2/h3-12,23-24,29,33-35,43-44H,13-16H2,1-2H3,(H,36,37)(H,41,42)/b9-5+,10-6+/t23-,24-,29?,31?,32?/m1/s1. The molecule has 0 aromatic heterocycles. The van der Waals surface area contributed by atoms with Gasteiger partial charge in [-0.2, -0.15) is 0 Å². The zero-order chi connectivity index (χ0) is 35.8. The summed E-state index contributed by atoms with van der Waals surface area (Å²) in [7, 11) is 1.31. The van der Waals surface area contributed by atoms with Crippen molar-refractivity contribution in [1.29, 1.82) is 0 Å². The molecule has 3 rings (SSSR count). The number of phenols is 3. The second-order valence-corrected chi connectivity index (χ2v) is 11.2. The van der Waals surface area contributed by atoms with E-state index in [-0.39, 0.29) is 17.1 Å². The lowest BCUT2D eigenvalue weighted by atomic mass is 9.79. The summed E-state index contributed by atoms with van der Waals surface area (Å²) in [5, 5.41) is 69.1. The van der Waals surface area contributed by atoms with Crippen LogP contribution in [0, 0.1) is 0 Å². The Morgan fingerprint density at radius 2 is 1.33 bits per heavy atom. The summed E-state index contributed by atoms with van der Waals surface area (Å²) in [6.45, 7) is 1.05. The Hall–Kier alpha value is -5.61. The molecule has 16 nitrogen and oxygen atoms in total. The Balaban J connectivity index is 1.92. The van der Waals surface area contributed by atoms with Crippen LogP contribution in [0.1, 0.15) is 43.7 Å². The van der Waals surface area contributed by atoms with E-state index in [2.05, 4.69) is 0 Å². The van der Waals surface area contributed by atoms with Crippen LogP contribution >= 0.6 is 0 Å². The van der Waals surface area contributed by atoms with Gasteiger partial charge in [0.15, 0.2) is 34.7 Å². The van der Waals surface area contributed by atoms with Crippen LogP contribution in [0.3, 0.4) is 0 Å². The van der Waals surface area contributed by atoms with Crippen LogP contribution in [0.2, 0.25) is 0 Å². The maximum atomic E-state index is 12.9. The molecule has 0 aliphatic heterocycles. The van der Waals surface area contributed by atoms with Crippen LogP contribution in [0.4, 0.5) is 0 Å². The first-order valence-corrected chi connectivity index (χ1v) is 14.2. The van der Waals surface area contributed by atoms with Gasteiger partial charge < -0.3 is 54.7 Å². The first kappa shape index (κ1) is 36.9. The predicted octanol–water partition coefficient (Wildman–Crippen LogP) is 1.50. The van der Waals surface area contributed by atoms with Gasteiger partial charge in [-0.3, -0.25) is 9.59 Å². The molecule has 258 valence electrons. The average Bonchev–Trinajstić information content (AvgIpc) is 2.98. The molecule has 2 aromatic rings. The van der Waals surface area contributed by atoms with Crippen LogP contribution in [0.5, 0.6) is 23.0 Å². The van der Waals surface area contributed by atoms with Gasteiger partial charge in [-0.1, -0.05) is 12.1 Å². The lowest BCUT2D eigenvalue weighted by Crippen LogP contribution is -2.59. The Labute approximate surface area is 272 Å². The second kappa shape index (κ2) is 15.3. The Morgan fingerprint density at radius 1 is 0.812 bits per heavy atom. The molecule has 1 aliphatic rings. The molecule has 7 N–H and O–H groups in total. The number of aromatic hydroxyl groups is 3. The molecule has 16 heteroatoms. The number of rotatable bonds is 13. The van der Waals surface area contributed by atoms with E-state index in [1.807, 2.05) is 0 Å². The number of carboxylic acid groups (broad SMARTS) is 2. The molecular formula is C32H34O16. The van der Waals surface area contributed by atoms with Gasteiger partial charge in [-0.25, -0.2) is 14.4 Å². The lowest BCUT2D eigenvalue weighted by molar-refractivity contribution is -0.214. The first-order valence-electron chi connectivity index (χ1n) is 14.2. The minimum atomic E-state index is -2.66. The van der Waals surface area contributed by atoms with E-state index in [4.69, 9.17) is 24.1 Å². The molecule has 0 radical (unpaired) electrons. The average molecular weight is 675 g/mol. The van der Waals surface area contributed by atoms with Crippen molar-refractivity contribution in [3.63, 3.8) is 0 Å². The summed E-state index contributed by atoms with van der Waals surface area (Å²) in [4.78, 5) is 61.8. The Morgan fingerprint density at radius 3 is 1.81 bits per heavy atom. The fraction of sp³-hybridized carbons (Fsp3) is 0.344. The van der Waals surface area contributed by atoms with Crippen LogP contribution in [0.25, 0.3) is 12.2 Å². The number of aliphatic hydroxyl groups is 2. The number of hydrogen-bond donors (Lipinski definition) is 7. The highest BCUT2D eigenvalue weighted by Crippen LogP contribution is 2.36. The van der Waals surface area contributed by atoms with E-state index >= 15 is 0 Å². The SMILES string of the molecule is COc1cc(/C=C/C(=O)O[C@@H]2CC(O)(C(=O)O)C[C@@H](OC(=O)/C=C/c3ccc(O)c(O)c3)C2OC(=O)CC(C)(O)CC(=O)O)ccc1O. The number of esters is 3. The van der Waals surface area contributed by atoms with Gasteiger partial charge in [0.05, 0.1) is 25.6 Å². The normalized spacial score (nSPS) is 22.0. The minimum Gasteiger partial charge on any atom is -0.504 e. The molecule has 1 fully saturated rings. The second-order valence-electron chi connectivity index (χ2n) is 11.2. The number of ether oxygens (including phenoxy) is 4. The summed E-state index contributed by atoms with van der Waals surface area (Å²) in [5.41, 5.74) is -4.14. The van der Waals surface area contributed by atoms with Crippen LogP contribution < -0.4 is 4.74 Å². The fourth-order valence-electron chi connectivity index (χ4n) is 4.80. The molecule has 48 heavy (non-hydrogen) atoms. The van der Waals surface area contributed by atoms with E-state index in [1.54, 1.807) is 0 Å². The van der Waals surface area contributed by atoms with Gasteiger partial charge in [0.1, 0.15) is 12.2 Å². The molecule has 0 amide bonds. The smallest absolute Gasteiger partial charge is 0.335 e. The minimum absolute atomic E-state index is 0.0935. The van der Waals surface area contributed by atoms with Crippen LogP contribution in [-0.2, 0) is 38.2 Å². The highest BCUT2D eigenvalue weighted by atomic mass is 16.6. The summed E-state index contributed by atoms with van der Waals surface area (Å²) in [6, 6.07) is 7.72. The largest absolute Gasteiger partial charge is 0.504 e. The summed E-state index contributed by atoms with van der Waals surface area (Å²) >= 11 is 0. The van der Waals surface area contributed by atoms with Gasteiger partial charge >= 0.3 is 29.8 Å². The van der Waals surface area contributed by atoms with E-state index in [0.29, 0.717) is 5.56 Å². The highest BCUT2D eigenvalue weighted by molar-refractivity contribution is 5.88. The first-order chi connectivity index (χ1) is 22.4. The maximum absolute atomic E-state index is 12.9. The molecule has 5 atom stereocenters. The number of carbonyl (C=O) groups is 5. The lowest BCUT2D eigenvalue weighted by Gasteiger charge is -2.42. The zero-order valence-electron chi connectivity index (χ0n) is 25.6. The Kier molecular flexibility index (Phi) is 11.8. The molecule has 1 aliphatic carbocycles. The molecule has 1 saturated carbocycles. The zero-order valence-corrected chi connectivity index (χ0v) is 25.6. The van der Waals surface area contributed by atoms with Crippen molar-refractivity contribution in [1.82, 2.24) is 0 Å². The number of benzene rings is 2. The van der Waals surface area contributed by atoms with E-state index in [1.165, 1.54) is 43.5 Å². The molecule has 0 bridgehead atoms. The van der Waals surface area contributed by atoms with Crippen molar-refractivity contribution >= 4 is 42.0 Å². The van der Waals surface area contributed by atoms with E-state index in [9.17, 15) is 54.6 Å². The predicted molar refractivity (Wildman–Crippen MR) is 161 cm³/mol. The third-order valence-electron chi connectivity index (χ3n) is 7.10. The number of methoxy groups -OCH3 is 1.